The zero-order valence-electron chi connectivity index (χ0n) is 17.0. The predicted molar refractivity (Wildman–Crippen MR) is 110 cm³/mol. The van der Waals surface area contributed by atoms with Gasteiger partial charge >= 0.3 is 0 Å². The van der Waals surface area contributed by atoms with Crippen LogP contribution < -0.4 is 11.1 Å². The summed E-state index contributed by atoms with van der Waals surface area (Å²) in [5.74, 6) is -0.525. The number of anilines is 1. The van der Waals surface area contributed by atoms with Crippen molar-refractivity contribution in [3.05, 3.63) is 65.5 Å². The van der Waals surface area contributed by atoms with E-state index in [1.54, 1.807) is 40.0 Å². The normalized spacial score (nSPS) is 22.6. The van der Waals surface area contributed by atoms with Crippen molar-refractivity contribution < 1.29 is 9.18 Å². The maximum Gasteiger partial charge on any atom is 0.237 e. The third-order valence-corrected chi connectivity index (χ3v) is 5.91. The van der Waals surface area contributed by atoms with Crippen LogP contribution in [0.1, 0.15) is 44.9 Å². The van der Waals surface area contributed by atoms with E-state index in [-0.39, 0.29) is 17.9 Å². The molecule has 3 rings (SSSR count). The first-order valence-electron chi connectivity index (χ1n) is 9.33. The van der Waals surface area contributed by atoms with E-state index >= 15 is 0 Å². The standard InChI is InChI=1S/C22H27FN4O/c1-14(15-9-7-6-8-10-15)25-16-11-12-18(23)17(13-16)22(4)21(2,3)19(28)27(5)20(24)26-22/h6-14,25H,1-5H3,(H2,24,26). The molecule has 0 saturated heterocycles. The summed E-state index contributed by atoms with van der Waals surface area (Å²) in [5, 5.41) is 3.40. The van der Waals surface area contributed by atoms with Crippen molar-refractivity contribution in [2.24, 2.45) is 16.1 Å². The number of benzene rings is 2. The van der Waals surface area contributed by atoms with Crippen LogP contribution in [0.2, 0.25) is 0 Å². The van der Waals surface area contributed by atoms with Crippen LogP contribution in [0.5, 0.6) is 0 Å². The molecule has 2 atom stereocenters. The number of aliphatic imine (C=N–C) groups is 1. The van der Waals surface area contributed by atoms with Gasteiger partial charge in [-0.15, -0.1) is 0 Å². The van der Waals surface area contributed by atoms with Gasteiger partial charge in [0.05, 0.1) is 5.41 Å². The van der Waals surface area contributed by atoms with Crippen LogP contribution in [-0.2, 0) is 10.3 Å². The summed E-state index contributed by atoms with van der Waals surface area (Å²) in [4.78, 5) is 18.7. The largest absolute Gasteiger partial charge is 0.379 e. The molecule has 0 aliphatic carbocycles. The molecule has 0 spiro atoms. The highest BCUT2D eigenvalue weighted by molar-refractivity contribution is 6.01. The number of amides is 1. The Bertz CT molecular complexity index is 925. The number of nitrogens with two attached hydrogens (primary N) is 1. The molecule has 148 valence electrons. The van der Waals surface area contributed by atoms with Gasteiger partial charge in [-0.05, 0) is 51.5 Å². The zero-order valence-corrected chi connectivity index (χ0v) is 17.0. The van der Waals surface area contributed by atoms with Crippen molar-refractivity contribution in [1.29, 1.82) is 0 Å². The number of hydrogen-bond acceptors (Lipinski definition) is 4. The average molecular weight is 382 g/mol. The van der Waals surface area contributed by atoms with E-state index in [2.05, 4.69) is 10.3 Å². The number of nitrogens with zero attached hydrogens (tertiary/aromatic N) is 2. The molecule has 28 heavy (non-hydrogen) atoms. The molecule has 1 amide bonds. The summed E-state index contributed by atoms with van der Waals surface area (Å²) in [7, 11) is 1.58. The second kappa shape index (κ2) is 6.93. The van der Waals surface area contributed by atoms with Crippen molar-refractivity contribution in [2.45, 2.75) is 39.3 Å². The van der Waals surface area contributed by atoms with Crippen molar-refractivity contribution >= 4 is 17.6 Å². The van der Waals surface area contributed by atoms with Gasteiger partial charge in [-0.25, -0.2) is 9.38 Å². The first-order valence-corrected chi connectivity index (χ1v) is 9.33. The van der Waals surface area contributed by atoms with Gasteiger partial charge in [-0.3, -0.25) is 9.69 Å². The molecule has 0 aromatic heterocycles. The Kier molecular flexibility index (Phi) is 4.91. The molecule has 1 aliphatic heterocycles. The minimum atomic E-state index is -1.13. The molecule has 0 bridgehead atoms. The van der Waals surface area contributed by atoms with E-state index in [9.17, 15) is 9.18 Å². The van der Waals surface area contributed by atoms with Gasteiger partial charge < -0.3 is 11.1 Å². The van der Waals surface area contributed by atoms with Gasteiger partial charge in [0, 0.05) is 24.3 Å². The van der Waals surface area contributed by atoms with Crippen molar-refractivity contribution in [3.63, 3.8) is 0 Å². The molecule has 6 heteroatoms. The highest BCUT2D eigenvalue weighted by Crippen LogP contribution is 2.47. The van der Waals surface area contributed by atoms with Gasteiger partial charge in [-0.2, -0.15) is 0 Å². The lowest BCUT2D eigenvalue weighted by Crippen LogP contribution is -2.58. The molecule has 1 aliphatic rings. The van der Waals surface area contributed by atoms with Crippen molar-refractivity contribution in [1.82, 2.24) is 4.90 Å². The highest BCUT2D eigenvalue weighted by atomic mass is 19.1. The number of halogens is 1. The second-order valence-electron chi connectivity index (χ2n) is 8.00. The lowest BCUT2D eigenvalue weighted by atomic mass is 9.67. The van der Waals surface area contributed by atoms with Crippen LogP contribution in [0.3, 0.4) is 0 Å². The number of guanidine groups is 1. The van der Waals surface area contributed by atoms with Crippen LogP contribution in [0.15, 0.2) is 53.5 Å². The Hall–Kier alpha value is -2.89. The van der Waals surface area contributed by atoms with Crippen LogP contribution >= 0.6 is 0 Å². The lowest BCUT2D eigenvalue weighted by molar-refractivity contribution is -0.140. The lowest BCUT2D eigenvalue weighted by Gasteiger charge is -2.46. The predicted octanol–water partition coefficient (Wildman–Crippen LogP) is 4.03. The molecule has 0 radical (unpaired) electrons. The number of rotatable bonds is 4. The van der Waals surface area contributed by atoms with E-state index in [0.29, 0.717) is 5.56 Å². The first-order chi connectivity index (χ1) is 13.1. The van der Waals surface area contributed by atoms with Crippen LogP contribution in [0.4, 0.5) is 10.1 Å². The van der Waals surface area contributed by atoms with Crippen LogP contribution in [0.25, 0.3) is 0 Å². The molecule has 2 unspecified atom stereocenters. The monoisotopic (exact) mass is 382 g/mol. The van der Waals surface area contributed by atoms with E-state index < -0.39 is 16.8 Å². The number of carbonyl (C=O) groups excluding carboxylic acids is 1. The number of carbonyl (C=O) groups is 1. The van der Waals surface area contributed by atoms with E-state index in [1.807, 2.05) is 37.3 Å². The first kappa shape index (κ1) is 19.9. The average Bonchev–Trinajstić information content (AvgIpc) is 2.67. The third-order valence-electron chi connectivity index (χ3n) is 5.91. The van der Waals surface area contributed by atoms with E-state index in [4.69, 9.17) is 5.73 Å². The molecule has 5 nitrogen and oxygen atoms in total. The maximum absolute atomic E-state index is 14.9. The molecule has 2 aromatic rings. The molecule has 2 aromatic carbocycles. The van der Waals surface area contributed by atoms with E-state index in [1.165, 1.54) is 11.0 Å². The van der Waals surface area contributed by atoms with Crippen LogP contribution in [-0.4, -0.2) is 23.8 Å². The summed E-state index contributed by atoms with van der Waals surface area (Å²) >= 11 is 0. The van der Waals surface area contributed by atoms with Crippen LogP contribution in [0, 0.1) is 11.2 Å². The summed E-state index contributed by atoms with van der Waals surface area (Å²) < 4.78 is 14.9. The molecule has 0 saturated carbocycles. The summed E-state index contributed by atoms with van der Waals surface area (Å²) in [6.45, 7) is 7.34. The quantitative estimate of drug-likeness (QED) is 0.839. The minimum absolute atomic E-state index is 0.0352. The maximum atomic E-state index is 14.9. The van der Waals surface area contributed by atoms with Crippen molar-refractivity contribution in [2.75, 3.05) is 12.4 Å². The minimum Gasteiger partial charge on any atom is -0.379 e. The fraction of sp³-hybridized carbons (Fsp3) is 0.364. The summed E-state index contributed by atoms with van der Waals surface area (Å²) in [6.07, 6.45) is 0. The van der Waals surface area contributed by atoms with Gasteiger partial charge in [0.2, 0.25) is 5.91 Å². The second-order valence-corrected chi connectivity index (χ2v) is 8.00. The Morgan fingerprint density at radius 2 is 1.79 bits per heavy atom. The fourth-order valence-electron chi connectivity index (χ4n) is 3.64. The SMILES string of the molecule is CC(Nc1ccc(F)c(C2(C)N=C(N)N(C)C(=O)C2(C)C)c1)c1ccccc1. The number of nitrogens with one attached hydrogen (secondary N) is 1. The Morgan fingerprint density at radius 1 is 1.14 bits per heavy atom. The fourth-order valence-corrected chi connectivity index (χ4v) is 3.64. The number of hydrogen-bond donors (Lipinski definition) is 2. The Labute approximate surface area is 165 Å². The Balaban J connectivity index is 2.03. The molecule has 1 heterocycles. The van der Waals surface area contributed by atoms with Gasteiger partial charge in [0.1, 0.15) is 11.4 Å². The molecule has 3 N–H and O–H groups in total. The molecule has 0 fully saturated rings. The van der Waals surface area contributed by atoms with Gasteiger partial charge in [-0.1, -0.05) is 30.3 Å². The van der Waals surface area contributed by atoms with Gasteiger partial charge in [0.25, 0.3) is 0 Å². The molecular weight excluding hydrogens is 355 g/mol. The topological polar surface area (TPSA) is 70.7 Å². The van der Waals surface area contributed by atoms with E-state index in [0.717, 1.165) is 11.3 Å². The summed E-state index contributed by atoms with van der Waals surface area (Å²) in [6, 6.07) is 14.9. The molecular formula is C22H27FN4O. The third kappa shape index (κ3) is 3.13. The zero-order chi connectivity index (χ0) is 20.7. The van der Waals surface area contributed by atoms with Crippen molar-refractivity contribution in [3.8, 4) is 0 Å². The summed E-state index contributed by atoms with van der Waals surface area (Å²) in [5.41, 5.74) is 6.09. The highest BCUT2D eigenvalue weighted by Gasteiger charge is 2.53. The van der Waals surface area contributed by atoms with Gasteiger partial charge in [0.15, 0.2) is 5.96 Å². The smallest absolute Gasteiger partial charge is 0.237 e. The Morgan fingerprint density at radius 3 is 2.43 bits per heavy atom.